The Balaban J connectivity index is 2.02. The van der Waals surface area contributed by atoms with E-state index in [-0.39, 0.29) is 0 Å². The van der Waals surface area contributed by atoms with Crippen LogP contribution in [0.15, 0.2) is 11.1 Å². The van der Waals surface area contributed by atoms with Gasteiger partial charge in [-0.1, -0.05) is 0 Å². The summed E-state index contributed by atoms with van der Waals surface area (Å²) < 4.78 is 5.78. The van der Waals surface area contributed by atoms with Crippen molar-refractivity contribution in [3.63, 3.8) is 0 Å². The normalized spacial score (nSPS) is 20.2. The van der Waals surface area contributed by atoms with E-state index >= 15 is 0 Å². The van der Waals surface area contributed by atoms with Crippen molar-refractivity contribution in [3.8, 4) is 11.8 Å². The lowest BCUT2D eigenvalue weighted by Crippen LogP contribution is -2.38. The average molecular weight is 271 g/mol. The minimum absolute atomic E-state index is 0.345. The van der Waals surface area contributed by atoms with Crippen LogP contribution in [0.1, 0.15) is 18.5 Å². The topological polar surface area (TPSA) is 64.8 Å². The van der Waals surface area contributed by atoms with Crippen LogP contribution in [0.4, 0.5) is 11.5 Å². The van der Waals surface area contributed by atoms with Crippen LogP contribution in [-0.4, -0.2) is 49.5 Å². The fourth-order valence-corrected chi connectivity index (χ4v) is 2.62. The highest BCUT2D eigenvalue weighted by Gasteiger charge is 2.33. The quantitative estimate of drug-likeness (QED) is 0.603. The molecule has 0 amide bonds. The zero-order chi connectivity index (χ0) is 14.1. The number of rotatable bonds is 2. The van der Waals surface area contributed by atoms with Gasteiger partial charge in [0.05, 0.1) is 12.4 Å². The SMILES string of the molecule is CN(C)/C=N/c1cc2c(nc1C#N)N1CCC[C@H]1CO2. The van der Waals surface area contributed by atoms with Crippen LogP contribution in [0, 0.1) is 11.3 Å². The van der Waals surface area contributed by atoms with Gasteiger partial charge in [-0.25, -0.2) is 9.98 Å². The Morgan fingerprint density at radius 3 is 3.20 bits per heavy atom. The van der Waals surface area contributed by atoms with Gasteiger partial charge in [0.25, 0.3) is 0 Å². The molecular formula is C14H17N5O. The predicted molar refractivity (Wildman–Crippen MR) is 76.7 cm³/mol. The molecule has 2 aliphatic rings. The van der Waals surface area contributed by atoms with Crippen molar-refractivity contribution in [2.45, 2.75) is 18.9 Å². The van der Waals surface area contributed by atoms with Crippen molar-refractivity contribution < 1.29 is 4.74 Å². The van der Waals surface area contributed by atoms with E-state index in [4.69, 9.17) is 4.74 Å². The van der Waals surface area contributed by atoms with Crippen LogP contribution in [-0.2, 0) is 0 Å². The van der Waals surface area contributed by atoms with Crippen LogP contribution in [0.3, 0.4) is 0 Å². The van der Waals surface area contributed by atoms with Gasteiger partial charge in [0, 0.05) is 26.7 Å². The Labute approximate surface area is 118 Å². The minimum Gasteiger partial charge on any atom is -0.487 e. The van der Waals surface area contributed by atoms with E-state index in [0.29, 0.717) is 24.0 Å². The highest BCUT2D eigenvalue weighted by atomic mass is 16.5. The molecule has 0 unspecified atom stereocenters. The summed E-state index contributed by atoms with van der Waals surface area (Å²) in [6, 6.07) is 4.34. The van der Waals surface area contributed by atoms with Crippen LogP contribution in [0.5, 0.6) is 5.75 Å². The first kappa shape index (κ1) is 12.7. The lowest BCUT2D eigenvalue weighted by atomic mass is 10.2. The zero-order valence-electron chi connectivity index (χ0n) is 11.7. The fourth-order valence-electron chi connectivity index (χ4n) is 2.62. The second-order valence-corrected chi connectivity index (χ2v) is 5.30. The van der Waals surface area contributed by atoms with E-state index in [2.05, 4.69) is 20.9 Å². The van der Waals surface area contributed by atoms with E-state index in [1.165, 1.54) is 0 Å². The summed E-state index contributed by atoms with van der Waals surface area (Å²) in [6.45, 7) is 1.68. The molecule has 6 heteroatoms. The average Bonchev–Trinajstić information content (AvgIpc) is 2.92. The molecule has 0 aliphatic carbocycles. The maximum absolute atomic E-state index is 9.27. The van der Waals surface area contributed by atoms with Crippen molar-refractivity contribution in [2.24, 2.45) is 4.99 Å². The number of nitrogens with zero attached hydrogens (tertiary/aromatic N) is 5. The van der Waals surface area contributed by atoms with E-state index in [1.54, 1.807) is 6.34 Å². The summed E-state index contributed by atoms with van der Waals surface area (Å²) in [5.41, 5.74) is 0.899. The second kappa shape index (κ2) is 5.00. The molecule has 0 aromatic carbocycles. The standard InChI is InChI=1S/C14H17N5O/c1-18(2)9-16-11-6-13-14(17-12(11)7-15)19-5-3-4-10(19)8-20-13/h6,9-10H,3-5,8H2,1-2H3/b16-9+/t10-/m0/s1. The first-order chi connectivity index (χ1) is 9.69. The number of pyridine rings is 1. The maximum atomic E-state index is 9.27. The maximum Gasteiger partial charge on any atom is 0.173 e. The molecule has 0 radical (unpaired) electrons. The van der Waals surface area contributed by atoms with Gasteiger partial charge in [-0.05, 0) is 12.8 Å². The van der Waals surface area contributed by atoms with E-state index in [0.717, 1.165) is 31.0 Å². The van der Waals surface area contributed by atoms with Crippen molar-refractivity contribution in [1.82, 2.24) is 9.88 Å². The number of anilines is 1. The lowest BCUT2D eigenvalue weighted by Gasteiger charge is -2.32. The predicted octanol–water partition coefficient (Wildman–Crippen LogP) is 1.54. The van der Waals surface area contributed by atoms with Gasteiger partial charge in [0.2, 0.25) is 0 Å². The van der Waals surface area contributed by atoms with Gasteiger partial charge >= 0.3 is 0 Å². The summed E-state index contributed by atoms with van der Waals surface area (Å²) in [5.74, 6) is 1.52. The minimum atomic E-state index is 0.345. The molecule has 0 N–H and O–H groups in total. The molecule has 3 rings (SSSR count). The number of fused-ring (bicyclic) bond motifs is 3. The number of aromatic nitrogens is 1. The summed E-state index contributed by atoms with van der Waals surface area (Å²) >= 11 is 0. The third-order valence-corrected chi connectivity index (χ3v) is 3.56. The van der Waals surface area contributed by atoms with Crippen LogP contribution < -0.4 is 9.64 Å². The van der Waals surface area contributed by atoms with Crippen LogP contribution in [0.25, 0.3) is 0 Å². The zero-order valence-corrected chi connectivity index (χ0v) is 11.7. The van der Waals surface area contributed by atoms with Crippen molar-refractivity contribution >= 4 is 17.8 Å². The molecule has 0 saturated carbocycles. The Kier molecular flexibility index (Phi) is 3.18. The Bertz CT molecular complexity index is 590. The van der Waals surface area contributed by atoms with Crippen LogP contribution >= 0.6 is 0 Å². The van der Waals surface area contributed by atoms with Gasteiger partial charge in [-0.2, -0.15) is 5.26 Å². The molecule has 2 aliphatic heterocycles. The van der Waals surface area contributed by atoms with Gasteiger partial charge < -0.3 is 14.5 Å². The molecule has 0 spiro atoms. The summed E-state index contributed by atoms with van der Waals surface area (Å²) in [7, 11) is 3.76. The molecule has 104 valence electrons. The summed E-state index contributed by atoms with van der Waals surface area (Å²) in [6.07, 6.45) is 3.94. The van der Waals surface area contributed by atoms with E-state index in [1.807, 2.05) is 25.1 Å². The first-order valence-corrected chi connectivity index (χ1v) is 6.74. The van der Waals surface area contributed by atoms with Gasteiger partial charge in [-0.15, -0.1) is 0 Å². The number of hydrogen-bond donors (Lipinski definition) is 0. The molecule has 1 saturated heterocycles. The molecule has 1 atom stereocenters. The largest absolute Gasteiger partial charge is 0.487 e. The van der Waals surface area contributed by atoms with Crippen LogP contribution in [0.2, 0.25) is 0 Å². The molecule has 0 bridgehead atoms. The number of hydrogen-bond acceptors (Lipinski definition) is 5. The Hall–Kier alpha value is -2.29. The molecule has 1 aromatic heterocycles. The molecule has 6 nitrogen and oxygen atoms in total. The molecular weight excluding hydrogens is 254 g/mol. The van der Waals surface area contributed by atoms with E-state index < -0.39 is 0 Å². The number of aliphatic imine (C=N–C) groups is 1. The monoisotopic (exact) mass is 271 g/mol. The smallest absolute Gasteiger partial charge is 0.173 e. The first-order valence-electron chi connectivity index (χ1n) is 6.74. The Morgan fingerprint density at radius 2 is 2.45 bits per heavy atom. The Morgan fingerprint density at radius 1 is 1.60 bits per heavy atom. The highest BCUT2D eigenvalue weighted by Crippen LogP contribution is 2.39. The van der Waals surface area contributed by atoms with Gasteiger partial charge in [0.1, 0.15) is 18.4 Å². The molecule has 1 fully saturated rings. The molecule has 20 heavy (non-hydrogen) atoms. The summed E-state index contributed by atoms with van der Waals surface area (Å²) in [4.78, 5) is 12.8. The van der Waals surface area contributed by atoms with Gasteiger partial charge in [-0.3, -0.25) is 0 Å². The van der Waals surface area contributed by atoms with Crippen molar-refractivity contribution in [1.29, 1.82) is 5.26 Å². The van der Waals surface area contributed by atoms with E-state index in [9.17, 15) is 5.26 Å². The number of nitriles is 1. The third kappa shape index (κ3) is 2.16. The molecule has 1 aromatic rings. The summed E-state index contributed by atoms with van der Waals surface area (Å²) in [5, 5.41) is 9.27. The fraction of sp³-hybridized carbons (Fsp3) is 0.500. The van der Waals surface area contributed by atoms with Gasteiger partial charge in [0.15, 0.2) is 17.3 Å². The highest BCUT2D eigenvalue weighted by molar-refractivity contribution is 5.69. The number of ether oxygens (including phenoxy) is 1. The van der Waals surface area contributed by atoms with Crippen molar-refractivity contribution in [2.75, 3.05) is 32.1 Å². The molecule has 3 heterocycles. The van der Waals surface area contributed by atoms with Crippen molar-refractivity contribution in [3.05, 3.63) is 11.8 Å². The lowest BCUT2D eigenvalue weighted by molar-refractivity contribution is 0.270. The second-order valence-electron chi connectivity index (χ2n) is 5.30. The third-order valence-electron chi connectivity index (χ3n) is 3.56.